The van der Waals surface area contributed by atoms with Crippen molar-refractivity contribution in [3.05, 3.63) is 112 Å². The summed E-state index contributed by atoms with van der Waals surface area (Å²) in [7, 11) is 0. The molecule has 0 bridgehead atoms. The molecule has 6 nitrogen and oxygen atoms in total. The number of carbonyl (C=O) groups is 2. The highest BCUT2D eigenvalue weighted by atomic mass is 32.2. The van der Waals surface area contributed by atoms with E-state index in [0.29, 0.717) is 10.7 Å². The van der Waals surface area contributed by atoms with E-state index in [0.717, 1.165) is 11.3 Å². The Kier molecular flexibility index (Phi) is 5.65. The van der Waals surface area contributed by atoms with Crippen molar-refractivity contribution in [2.24, 2.45) is 4.99 Å². The second-order valence-electron chi connectivity index (χ2n) is 7.40. The van der Waals surface area contributed by atoms with Crippen LogP contribution in [0.2, 0.25) is 0 Å². The predicted octanol–water partition coefficient (Wildman–Crippen LogP) is 5.35. The standard InChI is InChI=1S/C26H16FN3O3S/c27-19-11-9-18(10-12-19)25(32)33-20-8-4-5-16(13-20)14-21-23(28)30-22(17-6-2-1-3-7-17)15-34-26(30)29-24(21)31/h1-15,28H. The van der Waals surface area contributed by atoms with Gasteiger partial charge in [0.05, 0.1) is 16.8 Å². The van der Waals surface area contributed by atoms with Gasteiger partial charge in [0.2, 0.25) is 0 Å². The molecule has 8 heteroatoms. The highest BCUT2D eigenvalue weighted by molar-refractivity contribution is 8.17. The Labute approximate surface area is 198 Å². The molecule has 1 amide bonds. The molecule has 0 atom stereocenters. The second kappa shape index (κ2) is 8.92. The minimum atomic E-state index is -0.632. The number of aliphatic imine (C=N–C) groups is 1. The van der Waals surface area contributed by atoms with E-state index in [2.05, 4.69) is 4.99 Å². The first kappa shape index (κ1) is 21.5. The first-order valence-corrected chi connectivity index (χ1v) is 11.1. The summed E-state index contributed by atoms with van der Waals surface area (Å²) < 4.78 is 18.5. The SMILES string of the molecule is N=C1C(=Cc2cccc(OC(=O)c3ccc(F)cc3)c2)C(=O)N=C2SC=C(c3ccccc3)N12. The van der Waals surface area contributed by atoms with Crippen LogP contribution in [0.4, 0.5) is 4.39 Å². The van der Waals surface area contributed by atoms with E-state index >= 15 is 0 Å². The molecule has 0 saturated heterocycles. The summed E-state index contributed by atoms with van der Waals surface area (Å²) in [6.45, 7) is 0. The quantitative estimate of drug-likeness (QED) is 0.316. The molecule has 0 unspecified atom stereocenters. The van der Waals surface area contributed by atoms with Crippen molar-refractivity contribution < 1.29 is 18.7 Å². The minimum absolute atomic E-state index is 0.0174. The molecule has 2 aliphatic rings. The molecule has 0 saturated carbocycles. The Morgan fingerprint density at radius 3 is 2.56 bits per heavy atom. The number of ether oxygens (including phenoxy) is 1. The molecule has 0 radical (unpaired) electrons. The molecule has 2 aliphatic heterocycles. The summed E-state index contributed by atoms with van der Waals surface area (Å²) >= 11 is 1.30. The van der Waals surface area contributed by atoms with Crippen LogP contribution in [0.5, 0.6) is 5.75 Å². The van der Waals surface area contributed by atoms with E-state index in [-0.39, 0.29) is 22.7 Å². The molecule has 166 valence electrons. The number of hydrogen-bond donors (Lipinski definition) is 1. The van der Waals surface area contributed by atoms with Gasteiger partial charge in [0, 0.05) is 5.41 Å². The van der Waals surface area contributed by atoms with E-state index in [1.54, 1.807) is 35.2 Å². The van der Waals surface area contributed by atoms with Crippen molar-refractivity contribution in [3.8, 4) is 5.75 Å². The third-order valence-electron chi connectivity index (χ3n) is 5.14. The van der Waals surface area contributed by atoms with Crippen LogP contribution in [0.25, 0.3) is 11.8 Å². The fraction of sp³-hybridized carbons (Fsp3) is 0. The van der Waals surface area contributed by atoms with Gasteiger partial charge in [-0.25, -0.2) is 9.18 Å². The maximum Gasteiger partial charge on any atom is 0.343 e. The van der Waals surface area contributed by atoms with Crippen molar-refractivity contribution in [3.63, 3.8) is 0 Å². The van der Waals surface area contributed by atoms with Crippen LogP contribution in [0.1, 0.15) is 21.5 Å². The van der Waals surface area contributed by atoms with Crippen LogP contribution in [0.3, 0.4) is 0 Å². The number of thioether (sulfide) groups is 1. The molecule has 0 fully saturated rings. The van der Waals surface area contributed by atoms with Gasteiger partial charge < -0.3 is 4.74 Å². The Hall–Kier alpha value is -4.30. The van der Waals surface area contributed by atoms with Gasteiger partial charge in [-0.3, -0.25) is 15.1 Å². The van der Waals surface area contributed by atoms with E-state index < -0.39 is 17.7 Å². The Morgan fingerprint density at radius 1 is 1.03 bits per heavy atom. The third kappa shape index (κ3) is 4.18. The first-order chi connectivity index (χ1) is 16.5. The van der Waals surface area contributed by atoms with Crippen LogP contribution in [-0.4, -0.2) is 27.8 Å². The summed E-state index contributed by atoms with van der Waals surface area (Å²) in [6.07, 6.45) is 1.55. The monoisotopic (exact) mass is 469 g/mol. The average molecular weight is 469 g/mol. The van der Waals surface area contributed by atoms with Crippen LogP contribution >= 0.6 is 11.8 Å². The van der Waals surface area contributed by atoms with E-state index in [9.17, 15) is 14.0 Å². The number of amides is 1. The van der Waals surface area contributed by atoms with Crippen molar-refractivity contribution in [2.45, 2.75) is 0 Å². The maximum absolute atomic E-state index is 13.1. The lowest BCUT2D eigenvalue weighted by Crippen LogP contribution is -2.38. The van der Waals surface area contributed by atoms with Gasteiger partial charge in [0.1, 0.15) is 17.4 Å². The van der Waals surface area contributed by atoms with Crippen molar-refractivity contribution in [1.29, 1.82) is 5.41 Å². The summed E-state index contributed by atoms with van der Waals surface area (Å²) in [5.41, 5.74) is 2.58. The van der Waals surface area contributed by atoms with Gasteiger partial charge in [0.15, 0.2) is 5.17 Å². The van der Waals surface area contributed by atoms with E-state index in [4.69, 9.17) is 10.1 Å². The van der Waals surface area contributed by atoms with Crippen LogP contribution < -0.4 is 4.74 Å². The van der Waals surface area contributed by atoms with Crippen molar-refractivity contribution in [1.82, 2.24) is 4.90 Å². The zero-order valence-electron chi connectivity index (χ0n) is 17.6. The Bertz CT molecular complexity index is 1410. The number of hydrogen-bond acceptors (Lipinski definition) is 5. The highest BCUT2D eigenvalue weighted by Gasteiger charge is 2.36. The molecule has 5 rings (SSSR count). The highest BCUT2D eigenvalue weighted by Crippen LogP contribution is 2.37. The molecule has 3 aromatic rings. The number of carbonyl (C=O) groups excluding carboxylic acids is 2. The molecule has 34 heavy (non-hydrogen) atoms. The van der Waals surface area contributed by atoms with Crippen molar-refractivity contribution >= 4 is 46.4 Å². The lowest BCUT2D eigenvalue weighted by molar-refractivity contribution is -0.114. The Morgan fingerprint density at radius 2 is 1.79 bits per heavy atom. The van der Waals surface area contributed by atoms with E-state index in [1.165, 1.54) is 36.0 Å². The molecular weight excluding hydrogens is 453 g/mol. The molecular formula is C26H16FN3O3S. The third-order valence-corrected chi connectivity index (χ3v) is 5.97. The predicted molar refractivity (Wildman–Crippen MR) is 130 cm³/mol. The molecule has 2 heterocycles. The van der Waals surface area contributed by atoms with Gasteiger partial charge in [-0.05, 0) is 53.6 Å². The largest absolute Gasteiger partial charge is 0.423 e. The minimum Gasteiger partial charge on any atom is -0.423 e. The molecule has 0 aromatic heterocycles. The molecule has 0 spiro atoms. The van der Waals surface area contributed by atoms with Gasteiger partial charge >= 0.3 is 5.97 Å². The first-order valence-electron chi connectivity index (χ1n) is 10.2. The number of benzene rings is 3. The zero-order valence-corrected chi connectivity index (χ0v) is 18.4. The second-order valence-corrected chi connectivity index (χ2v) is 8.23. The topological polar surface area (TPSA) is 82.8 Å². The normalized spacial score (nSPS) is 16.3. The lowest BCUT2D eigenvalue weighted by Gasteiger charge is -2.26. The smallest absolute Gasteiger partial charge is 0.343 e. The van der Waals surface area contributed by atoms with Gasteiger partial charge in [-0.1, -0.05) is 54.2 Å². The number of halogens is 1. The van der Waals surface area contributed by atoms with E-state index in [1.807, 2.05) is 35.7 Å². The summed E-state index contributed by atoms with van der Waals surface area (Å²) in [5.74, 6) is -1.32. The van der Waals surface area contributed by atoms with Gasteiger partial charge in [0.25, 0.3) is 5.91 Å². The summed E-state index contributed by atoms with van der Waals surface area (Å²) in [6, 6.07) is 21.2. The number of rotatable bonds is 4. The molecule has 1 N–H and O–H groups in total. The number of nitrogens with one attached hydrogen (secondary N) is 1. The fourth-order valence-electron chi connectivity index (χ4n) is 3.50. The lowest BCUT2D eigenvalue weighted by atomic mass is 10.1. The number of amidine groups is 2. The number of nitrogens with zero attached hydrogens (tertiary/aromatic N) is 2. The van der Waals surface area contributed by atoms with Gasteiger partial charge in [-0.15, -0.1) is 0 Å². The van der Waals surface area contributed by atoms with Crippen LogP contribution in [-0.2, 0) is 4.79 Å². The van der Waals surface area contributed by atoms with Crippen LogP contribution in [0, 0.1) is 11.2 Å². The molecule has 0 aliphatic carbocycles. The Balaban J connectivity index is 1.41. The zero-order chi connectivity index (χ0) is 23.7. The average Bonchev–Trinajstić information content (AvgIpc) is 3.27. The maximum atomic E-state index is 13.1. The summed E-state index contributed by atoms with van der Waals surface area (Å²) in [5, 5.41) is 11.0. The van der Waals surface area contributed by atoms with Crippen molar-refractivity contribution in [2.75, 3.05) is 0 Å². The fourth-order valence-corrected chi connectivity index (χ4v) is 4.39. The summed E-state index contributed by atoms with van der Waals surface area (Å²) in [4.78, 5) is 30.8. The molecule has 3 aromatic carbocycles. The van der Waals surface area contributed by atoms with Crippen LogP contribution in [0.15, 0.2) is 94.8 Å². The number of fused-ring (bicyclic) bond motifs is 1. The van der Waals surface area contributed by atoms with Gasteiger partial charge in [-0.2, -0.15) is 4.99 Å². The number of esters is 1.